The van der Waals surface area contributed by atoms with Gasteiger partial charge in [-0.1, -0.05) is 12.2 Å². The Morgan fingerprint density at radius 3 is 2.80 bits per heavy atom. The van der Waals surface area contributed by atoms with Crippen LogP contribution in [0.5, 0.6) is 0 Å². The number of aryl methyl sites for hydroxylation is 2. The first-order valence-corrected chi connectivity index (χ1v) is 5.54. The lowest BCUT2D eigenvalue weighted by atomic mass is 10.4. The van der Waals surface area contributed by atoms with Gasteiger partial charge in [0.1, 0.15) is 4.64 Å². The fourth-order valence-electron chi connectivity index (χ4n) is 1.27. The molecule has 6 heteroatoms. The zero-order valence-corrected chi connectivity index (χ0v) is 10.7. The maximum atomic E-state index is 5.13. The molecule has 78 valence electrons. The lowest BCUT2D eigenvalue weighted by molar-refractivity contribution is 0.899. The molecule has 0 aliphatic rings. The summed E-state index contributed by atoms with van der Waals surface area (Å²) < 4.78 is 3.26. The normalized spacial score (nSPS) is 10.6. The van der Waals surface area contributed by atoms with Gasteiger partial charge in [0.2, 0.25) is 0 Å². The van der Waals surface area contributed by atoms with Crippen LogP contribution in [0, 0.1) is 11.6 Å². The number of rotatable bonds is 1. The quantitative estimate of drug-likeness (QED) is 0.819. The molecule has 0 saturated heterocycles. The second kappa shape index (κ2) is 3.86. The van der Waals surface area contributed by atoms with Crippen LogP contribution in [-0.4, -0.2) is 19.5 Å². The monoisotopic (exact) mass is 284 g/mol. The molecule has 4 nitrogen and oxygen atoms in total. The highest BCUT2D eigenvalue weighted by atomic mass is 79.9. The van der Waals surface area contributed by atoms with Crippen LogP contribution in [0.2, 0.25) is 0 Å². The lowest BCUT2D eigenvalue weighted by Gasteiger charge is -2.04. The highest BCUT2D eigenvalue weighted by Crippen LogP contribution is 2.18. The van der Waals surface area contributed by atoms with Crippen molar-refractivity contribution in [2.24, 2.45) is 7.05 Å². The number of hydrogen-bond acceptors (Lipinski definition) is 3. The van der Waals surface area contributed by atoms with E-state index in [0.717, 1.165) is 16.0 Å². The van der Waals surface area contributed by atoms with E-state index >= 15 is 0 Å². The Kier molecular flexibility index (Phi) is 2.70. The minimum absolute atomic E-state index is 0.546. The van der Waals surface area contributed by atoms with Crippen LogP contribution in [0.15, 0.2) is 16.9 Å². The molecule has 0 aliphatic heterocycles. The molecule has 0 unspecified atom stereocenters. The molecular formula is C9H9BrN4S. The van der Waals surface area contributed by atoms with E-state index in [9.17, 15) is 0 Å². The van der Waals surface area contributed by atoms with E-state index in [0.29, 0.717) is 10.5 Å². The molecule has 15 heavy (non-hydrogen) atoms. The Morgan fingerprint density at radius 2 is 2.27 bits per heavy atom. The Labute approximate surface area is 101 Å². The van der Waals surface area contributed by atoms with Gasteiger partial charge in [-0.15, -0.1) is 0 Å². The van der Waals surface area contributed by atoms with Crippen molar-refractivity contribution in [3.8, 4) is 11.6 Å². The molecule has 0 spiro atoms. The highest BCUT2D eigenvalue weighted by molar-refractivity contribution is 9.10. The zero-order valence-electron chi connectivity index (χ0n) is 8.28. The van der Waals surface area contributed by atoms with Gasteiger partial charge in [-0.25, -0.2) is 9.97 Å². The van der Waals surface area contributed by atoms with Gasteiger partial charge in [-0.3, -0.25) is 0 Å². The number of H-pyrrole nitrogens is 1. The largest absolute Gasteiger partial charge is 0.340 e. The molecule has 0 fully saturated rings. The summed E-state index contributed by atoms with van der Waals surface area (Å²) in [5, 5.41) is 0. The summed E-state index contributed by atoms with van der Waals surface area (Å²) in [4.78, 5) is 11.6. The minimum atomic E-state index is 0.546. The summed E-state index contributed by atoms with van der Waals surface area (Å²) in [6, 6.07) is 0. The van der Waals surface area contributed by atoms with E-state index in [2.05, 4.69) is 30.9 Å². The maximum absolute atomic E-state index is 5.13. The molecular weight excluding hydrogens is 276 g/mol. The number of hydrogen-bond donors (Lipinski definition) is 1. The zero-order chi connectivity index (χ0) is 11.0. The van der Waals surface area contributed by atoms with Crippen LogP contribution >= 0.6 is 28.1 Å². The summed E-state index contributed by atoms with van der Waals surface area (Å²) in [5.74, 6) is 1.46. The average molecular weight is 285 g/mol. The molecule has 0 aliphatic carbocycles. The standard InChI is InChI=1S/C9H9BrN4S/c1-5-6(10)9(15)13-7(12-5)8-11-3-4-14(8)2/h3-4H,1-2H3,(H,12,13,15). The molecule has 2 aromatic rings. The summed E-state index contributed by atoms with van der Waals surface area (Å²) in [7, 11) is 1.91. The van der Waals surface area contributed by atoms with Crippen molar-refractivity contribution >= 4 is 28.1 Å². The van der Waals surface area contributed by atoms with Gasteiger partial charge in [0.15, 0.2) is 11.6 Å². The molecule has 0 radical (unpaired) electrons. The number of halogens is 1. The van der Waals surface area contributed by atoms with Crippen LogP contribution in [0.25, 0.3) is 11.6 Å². The van der Waals surface area contributed by atoms with Crippen molar-refractivity contribution in [3.63, 3.8) is 0 Å². The second-order valence-electron chi connectivity index (χ2n) is 3.19. The van der Waals surface area contributed by atoms with Gasteiger partial charge in [-0.05, 0) is 22.9 Å². The van der Waals surface area contributed by atoms with E-state index in [4.69, 9.17) is 12.2 Å². The number of nitrogens with one attached hydrogen (secondary N) is 1. The van der Waals surface area contributed by atoms with E-state index in [1.807, 2.05) is 24.7 Å². The number of aromatic amines is 1. The van der Waals surface area contributed by atoms with Gasteiger partial charge < -0.3 is 9.55 Å². The number of imidazole rings is 1. The topological polar surface area (TPSA) is 46.5 Å². The van der Waals surface area contributed by atoms with Crippen LogP contribution in [0.1, 0.15) is 5.69 Å². The van der Waals surface area contributed by atoms with Crippen molar-refractivity contribution in [1.82, 2.24) is 19.5 Å². The van der Waals surface area contributed by atoms with Crippen molar-refractivity contribution in [1.29, 1.82) is 0 Å². The van der Waals surface area contributed by atoms with E-state index in [1.165, 1.54) is 0 Å². The number of aromatic nitrogens is 4. The molecule has 0 bridgehead atoms. The third-order valence-electron chi connectivity index (χ3n) is 2.07. The third kappa shape index (κ3) is 1.87. The molecule has 1 N–H and O–H groups in total. The average Bonchev–Trinajstić information content (AvgIpc) is 2.60. The molecule has 0 aromatic carbocycles. The van der Waals surface area contributed by atoms with Crippen molar-refractivity contribution < 1.29 is 0 Å². The Morgan fingerprint density at radius 1 is 1.53 bits per heavy atom. The van der Waals surface area contributed by atoms with Gasteiger partial charge in [-0.2, -0.15) is 0 Å². The molecule has 2 aromatic heterocycles. The van der Waals surface area contributed by atoms with Crippen LogP contribution in [0.3, 0.4) is 0 Å². The molecule has 2 rings (SSSR count). The Bertz CT molecular complexity index is 557. The first kappa shape index (κ1) is 10.5. The highest BCUT2D eigenvalue weighted by Gasteiger charge is 2.08. The fraction of sp³-hybridized carbons (Fsp3) is 0.222. The summed E-state index contributed by atoms with van der Waals surface area (Å²) >= 11 is 8.50. The molecule has 0 atom stereocenters. The van der Waals surface area contributed by atoms with E-state index in [1.54, 1.807) is 6.20 Å². The van der Waals surface area contributed by atoms with Gasteiger partial charge in [0, 0.05) is 25.1 Å². The predicted molar refractivity (Wildman–Crippen MR) is 64.1 cm³/mol. The summed E-state index contributed by atoms with van der Waals surface area (Å²) in [6.45, 7) is 1.94. The minimum Gasteiger partial charge on any atom is -0.340 e. The number of nitrogens with zero attached hydrogens (tertiary/aromatic N) is 3. The van der Waals surface area contributed by atoms with Gasteiger partial charge in [0.25, 0.3) is 0 Å². The summed E-state index contributed by atoms with van der Waals surface area (Å²) in [6.07, 6.45) is 3.59. The molecule has 2 heterocycles. The fourth-order valence-corrected chi connectivity index (χ4v) is 1.70. The van der Waals surface area contributed by atoms with Crippen molar-refractivity contribution in [2.75, 3.05) is 0 Å². The Hall–Kier alpha value is -1.01. The SMILES string of the molecule is Cc1[nH]c(-c2nccn2C)nc(=S)c1Br. The first-order valence-electron chi connectivity index (χ1n) is 4.33. The second-order valence-corrected chi connectivity index (χ2v) is 4.37. The van der Waals surface area contributed by atoms with Crippen LogP contribution in [0.4, 0.5) is 0 Å². The van der Waals surface area contributed by atoms with Crippen LogP contribution < -0.4 is 0 Å². The van der Waals surface area contributed by atoms with Gasteiger partial charge >= 0.3 is 0 Å². The first-order chi connectivity index (χ1) is 7.09. The van der Waals surface area contributed by atoms with Crippen LogP contribution in [-0.2, 0) is 7.05 Å². The van der Waals surface area contributed by atoms with E-state index in [-0.39, 0.29) is 0 Å². The van der Waals surface area contributed by atoms with Gasteiger partial charge in [0.05, 0.1) is 4.47 Å². The molecule has 0 amide bonds. The van der Waals surface area contributed by atoms with Crippen molar-refractivity contribution in [3.05, 3.63) is 27.2 Å². The Balaban J connectivity index is 2.66. The lowest BCUT2D eigenvalue weighted by Crippen LogP contribution is -1.99. The van der Waals surface area contributed by atoms with E-state index < -0.39 is 0 Å². The van der Waals surface area contributed by atoms with Crippen molar-refractivity contribution in [2.45, 2.75) is 6.92 Å². The smallest absolute Gasteiger partial charge is 0.175 e. The maximum Gasteiger partial charge on any atom is 0.175 e. The predicted octanol–water partition coefficient (Wildman–Crippen LogP) is 2.61. The molecule has 0 saturated carbocycles. The third-order valence-corrected chi connectivity index (χ3v) is 3.60. The summed E-state index contributed by atoms with van der Waals surface area (Å²) in [5.41, 5.74) is 0.952.